The molecule has 3 aromatic rings. The molecule has 0 aliphatic rings. The van der Waals surface area contributed by atoms with Crippen LogP contribution in [0, 0.1) is 17.1 Å². The van der Waals surface area contributed by atoms with E-state index in [1.54, 1.807) is 6.07 Å². The summed E-state index contributed by atoms with van der Waals surface area (Å²) in [6.45, 7) is -0.419. The molecule has 1 amide bonds. The Hall–Kier alpha value is -4.13. The molecule has 1 N–H and O–H groups in total. The number of carbonyl (C=O) groups excluding carboxylic acids is 1. The molecule has 164 valence electrons. The molecule has 0 spiro atoms. The first-order valence-corrected chi connectivity index (χ1v) is 9.08. The molecule has 1 aromatic heterocycles. The molecule has 0 saturated heterocycles. The number of halogens is 4. The number of anilines is 1. The Labute approximate surface area is 179 Å². The average Bonchev–Trinajstić information content (AvgIpc) is 3.05. The van der Waals surface area contributed by atoms with Gasteiger partial charge in [-0.3, -0.25) is 9.59 Å². The molecular formula is C22H15F4N3O3. The average molecular weight is 445 g/mol. The topological polar surface area (TPSA) is 86.3 Å². The van der Waals surface area contributed by atoms with Crippen molar-refractivity contribution in [1.82, 2.24) is 4.57 Å². The second-order valence-electron chi connectivity index (χ2n) is 6.85. The minimum absolute atomic E-state index is 0.128. The van der Waals surface area contributed by atoms with Crippen molar-refractivity contribution in [1.29, 1.82) is 5.26 Å². The lowest BCUT2D eigenvalue weighted by atomic mass is 10.1. The highest BCUT2D eigenvalue weighted by Gasteiger charge is 2.30. The van der Waals surface area contributed by atoms with Gasteiger partial charge in [-0.15, -0.1) is 0 Å². The molecule has 0 fully saturated rings. The second kappa shape index (κ2) is 8.55. The van der Waals surface area contributed by atoms with Crippen LogP contribution in [0.3, 0.4) is 0 Å². The number of carboxylic acid groups (broad SMARTS) is 1. The predicted octanol–water partition coefficient (Wildman–Crippen LogP) is 4.45. The first-order chi connectivity index (χ1) is 15.0. The summed E-state index contributed by atoms with van der Waals surface area (Å²) >= 11 is 0. The predicted molar refractivity (Wildman–Crippen MR) is 108 cm³/mol. The molecule has 3 rings (SSSR count). The van der Waals surface area contributed by atoms with E-state index in [0.29, 0.717) is 10.9 Å². The van der Waals surface area contributed by atoms with Crippen molar-refractivity contribution in [3.05, 3.63) is 71.2 Å². The van der Waals surface area contributed by atoms with Gasteiger partial charge in [0.2, 0.25) is 0 Å². The monoisotopic (exact) mass is 445 g/mol. The molecule has 0 aliphatic carbocycles. The first kappa shape index (κ1) is 22.6. The number of carbonyl (C=O) groups is 2. The molecule has 0 bridgehead atoms. The minimum atomic E-state index is -4.53. The third-order valence-corrected chi connectivity index (χ3v) is 4.72. The van der Waals surface area contributed by atoms with Crippen molar-refractivity contribution in [2.45, 2.75) is 12.7 Å². The maximum atomic E-state index is 13.8. The van der Waals surface area contributed by atoms with Crippen molar-refractivity contribution < 1.29 is 32.3 Å². The van der Waals surface area contributed by atoms with Crippen LogP contribution in [0.25, 0.3) is 17.0 Å². The third-order valence-electron chi connectivity index (χ3n) is 4.72. The van der Waals surface area contributed by atoms with Crippen molar-refractivity contribution in [3.8, 4) is 6.07 Å². The smallest absolute Gasteiger partial charge is 0.416 e. The van der Waals surface area contributed by atoms with Gasteiger partial charge < -0.3 is 14.6 Å². The third kappa shape index (κ3) is 4.62. The number of alkyl halides is 3. The zero-order valence-electron chi connectivity index (χ0n) is 16.5. The molecule has 0 aliphatic heterocycles. The summed E-state index contributed by atoms with van der Waals surface area (Å²) in [7, 11) is 1.30. The second-order valence-corrected chi connectivity index (χ2v) is 6.85. The van der Waals surface area contributed by atoms with E-state index in [2.05, 4.69) is 0 Å². The van der Waals surface area contributed by atoms with E-state index in [9.17, 15) is 32.4 Å². The maximum Gasteiger partial charge on any atom is 0.416 e. The number of rotatable bonds is 5. The zero-order valence-corrected chi connectivity index (χ0v) is 16.5. The number of aromatic nitrogens is 1. The summed E-state index contributed by atoms with van der Waals surface area (Å²) in [5.74, 6) is -2.53. The quantitative estimate of drug-likeness (QED) is 0.357. The van der Waals surface area contributed by atoms with Crippen molar-refractivity contribution in [2.24, 2.45) is 0 Å². The molecule has 6 nitrogen and oxygen atoms in total. The lowest BCUT2D eigenvalue weighted by molar-refractivity contribution is -0.138. The van der Waals surface area contributed by atoms with E-state index in [1.807, 2.05) is 0 Å². The number of hydrogen-bond donors (Lipinski definition) is 1. The van der Waals surface area contributed by atoms with Gasteiger partial charge in [0.25, 0.3) is 5.91 Å². The van der Waals surface area contributed by atoms with Gasteiger partial charge in [0, 0.05) is 35.4 Å². The van der Waals surface area contributed by atoms with E-state index < -0.39 is 36.0 Å². The van der Waals surface area contributed by atoms with Crippen LogP contribution in [0.4, 0.5) is 23.2 Å². The van der Waals surface area contributed by atoms with Crippen molar-refractivity contribution in [3.63, 3.8) is 0 Å². The van der Waals surface area contributed by atoms with E-state index in [0.717, 1.165) is 41.3 Å². The largest absolute Gasteiger partial charge is 0.480 e. The Balaban J connectivity index is 1.99. The molecule has 1 heterocycles. The fourth-order valence-electron chi connectivity index (χ4n) is 3.16. The highest BCUT2D eigenvalue weighted by Crippen LogP contribution is 2.31. The van der Waals surface area contributed by atoms with Crippen molar-refractivity contribution >= 4 is 34.5 Å². The van der Waals surface area contributed by atoms with Crippen LogP contribution in [0.1, 0.15) is 11.1 Å². The number of likely N-dealkylation sites (N-methyl/N-ethyl adjacent to an activating group) is 1. The van der Waals surface area contributed by atoms with Gasteiger partial charge in [0.1, 0.15) is 24.0 Å². The minimum Gasteiger partial charge on any atom is -0.480 e. The highest BCUT2D eigenvalue weighted by molar-refractivity contribution is 6.11. The van der Waals surface area contributed by atoms with E-state index in [4.69, 9.17) is 5.11 Å². The van der Waals surface area contributed by atoms with Crippen LogP contribution in [0.5, 0.6) is 0 Å². The van der Waals surface area contributed by atoms with E-state index in [-0.39, 0.29) is 16.8 Å². The number of hydrogen-bond acceptors (Lipinski definition) is 3. The number of carboxylic acids is 1. The molecule has 32 heavy (non-hydrogen) atoms. The Morgan fingerprint density at radius 1 is 1.19 bits per heavy atom. The Morgan fingerprint density at radius 3 is 2.41 bits per heavy atom. The lowest BCUT2D eigenvalue weighted by Crippen LogP contribution is -2.27. The summed E-state index contributed by atoms with van der Waals surface area (Å²) in [4.78, 5) is 24.9. The summed E-state index contributed by atoms with van der Waals surface area (Å²) in [5, 5.41) is 18.9. The number of amides is 1. The van der Waals surface area contributed by atoms with Crippen LogP contribution in [0.15, 0.2) is 54.2 Å². The fourth-order valence-corrected chi connectivity index (χ4v) is 3.16. The lowest BCUT2D eigenvalue weighted by Gasteiger charge is -2.17. The van der Waals surface area contributed by atoms with Gasteiger partial charge in [0.05, 0.1) is 5.56 Å². The number of benzene rings is 2. The highest BCUT2D eigenvalue weighted by atomic mass is 19.4. The molecular weight excluding hydrogens is 430 g/mol. The van der Waals surface area contributed by atoms with Gasteiger partial charge >= 0.3 is 12.1 Å². The van der Waals surface area contributed by atoms with Gasteiger partial charge in [-0.25, -0.2) is 4.39 Å². The van der Waals surface area contributed by atoms with Crippen LogP contribution in [-0.2, 0) is 22.3 Å². The molecule has 0 saturated carbocycles. The summed E-state index contributed by atoms with van der Waals surface area (Å²) in [6, 6.07) is 9.26. The van der Waals surface area contributed by atoms with Gasteiger partial charge in [-0.1, -0.05) is 0 Å². The Bertz CT molecular complexity index is 1270. The Kier molecular flexibility index (Phi) is 6.02. The van der Waals surface area contributed by atoms with Crippen molar-refractivity contribution in [2.75, 3.05) is 11.9 Å². The molecule has 0 unspecified atom stereocenters. The number of fused-ring (bicyclic) bond motifs is 1. The summed E-state index contributed by atoms with van der Waals surface area (Å²) in [5.41, 5.74) is -0.492. The van der Waals surface area contributed by atoms with Gasteiger partial charge in [-0.2, -0.15) is 18.4 Å². The van der Waals surface area contributed by atoms with Crippen LogP contribution in [-0.4, -0.2) is 28.6 Å². The van der Waals surface area contributed by atoms with Crippen LogP contribution < -0.4 is 4.90 Å². The zero-order chi connectivity index (χ0) is 23.6. The van der Waals surface area contributed by atoms with Gasteiger partial charge in [-0.05, 0) is 48.5 Å². The SMILES string of the molecule is CN(C(=O)/C(C#N)=C/c1cn(CC(=O)O)c2ccc(F)cc12)c1ccc(C(F)(F)F)cc1. The van der Waals surface area contributed by atoms with Crippen LogP contribution >= 0.6 is 0 Å². The normalized spacial score (nSPS) is 11.9. The number of aliphatic carboxylic acids is 1. The molecule has 2 aromatic carbocycles. The standard InChI is InChI=1S/C22H15F4N3O3/c1-28(17-5-2-15(3-6-17)22(24,25)26)21(32)13(10-27)8-14-11-29(12-20(30)31)19-7-4-16(23)9-18(14)19/h2-9,11H,12H2,1H3,(H,30,31)/b13-8+. The van der Waals surface area contributed by atoms with E-state index in [1.165, 1.54) is 30.0 Å². The first-order valence-electron chi connectivity index (χ1n) is 9.08. The van der Waals surface area contributed by atoms with Gasteiger partial charge in [0.15, 0.2) is 0 Å². The summed E-state index contributed by atoms with van der Waals surface area (Å²) in [6.07, 6.45) is -1.97. The fraction of sp³-hybridized carbons (Fsp3) is 0.136. The van der Waals surface area contributed by atoms with E-state index >= 15 is 0 Å². The molecule has 0 atom stereocenters. The molecule has 0 radical (unpaired) electrons. The summed E-state index contributed by atoms with van der Waals surface area (Å²) < 4.78 is 53.3. The molecule has 10 heteroatoms. The maximum absolute atomic E-state index is 13.8. The van der Waals surface area contributed by atoms with Crippen LogP contribution in [0.2, 0.25) is 0 Å². The number of nitriles is 1. The number of nitrogens with zero attached hydrogens (tertiary/aromatic N) is 3. The Morgan fingerprint density at radius 2 is 1.84 bits per heavy atom.